The van der Waals surface area contributed by atoms with Crippen molar-refractivity contribution in [1.82, 2.24) is 5.32 Å². The van der Waals surface area contributed by atoms with Gasteiger partial charge in [-0.3, -0.25) is 0 Å². The van der Waals surface area contributed by atoms with Crippen molar-refractivity contribution in [2.75, 3.05) is 6.54 Å². The van der Waals surface area contributed by atoms with Gasteiger partial charge in [0, 0.05) is 12.6 Å². The van der Waals surface area contributed by atoms with Crippen LogP contribution in [0.15, 0.2) is 0 Å². The van der Waals surface area contributed by atoms with Crippen molar-refractivity contribution in [3.63, 3.8) is 0 Å². The van der Waals surface area contributed by atoms with Crippen LogP contribution in [-0.2, 0) is 0 Å². The fourth-order valence-corrected chi connectivity index (χ4v) is 1.52. The third-order valence-corrected chi connectivity index (χ3v) is 1.92. The van der Waals surface area contributed by atoms with Crippen molar-refractivity contribution in [2.24, 2.45) is 5.92 Å². The summed E-state index contributed by atoms with van der Waals surface area (Å²) in [5.74, 6) is 0.683. The van der Waals surface area contributed by atoms with Gasteiger partial charge in [0.25, 0.3) is 0 Å². The van der Waals surface area contributed by atoms with Crippen LogP contribution in [0.1, 0.15) is 26.7 Å². The van der Waals surface area contributed by atoms with E-state index in [1.165, 1.54) is 0 Å². The van der Waals surface area contributed by atoms with Crippen molar-refractivity contribution in [1.29, 1.82) is 0 Å². The molecule has 10 heavy (non-hydrogen) atoms. The highest BCUT2D eigenvalue weighted by molar-refractivity contribution is 4.81. The normalized spacial score (nSPS) is 33.6. The molecule has 0 bridgehead atoms. The molecule has 1 rings (SSSR count). The number of halogens is 1. The van der Waals surface area contributed by atoms with Crippen LogP contribution in [0.25, 0.3) is 0 Å². The molecule has 60 valence electrons. The van der Waals surface area contributed by atoms with Crippen molar-refractivity contribution < 1.29 is 4.39 Å². The molecule has 1 aliphatic rings. The van der Waals surface area contributed by atoms with Gasteiger partial charge in [-0.05, 0) is 18.8 Å². The topological polar surface area (TPSA) is 12.0 Å². The van der Waals surface area contributed by atoms with Gasteiger partial charge < -0.3 is 5.32 Å². The first-order valence-corrected chi connectivity index (χ1v) is 4.06. The summed E-state index contributed by atoms with van der Waals surface area (Å²) in [6, 6.07) is 0.440. The minimum absolute atomic E-state index is 0.440. The van der Waals surface area contributed by atoms with E-state index in [9.17, 15) is 4.39 Å². The van der Waals surface area contributed by atoms with Gasteiger partial charge in [0.1, 0.15) is 6.17 Å². The maximum absolute atomic E-state index is 12.6. The van der Waals surface area contributed by atoms with Gasteiger partial charge in [0.05, 0.1) is 0 Å². The number of rotatable bonds is 2. The van der Waals surface area contributed by atoms with Crippen LogP contribution in [0.3, 0.4) is 0 Å². The maximum Gasteiger partial charge on any atom is 0.114 e. The number of nitrogens with one attached hydrogen (secondary N) is 1. The fraction of sp³-hybridized carbons (Fsp3) is 1.00. The standard InChI is InChI=1S/C8H16FN/c1-6(2)3-8-4-7(9)5-10-8/h6-8,10H,3-5H2,1-2H3. The summed E-state index contributed by atoms with van der Waals surface area (Å²) >= 11 is 0. The van der Waals surface area contributed by atoms with Crippen molar-refractivity contribution in [3.05, 3.63) is 0 Å². The summed E-state index contributed by atoms with van der Waals surface area (Å²) in [6.07, 6.45) is 1.24. The first kappa shape index (κ1) is 7.99. The molecule has 2 atom stereocenters. The van der Waals surface area contributed by atoms with E-state index in [4.69, 9.17) is 0 Å². The Morgan fingerprint density at radius 2 is 2.30 bits per heavy atom. The molecule has 0 aromatic carbocycles. The molecule has 2 heteroatoms. The second-order valence-electron chi connectivity index (χ2n) is 3.57. The molecule has 0 radical (unpaired) electrons. The quantitative estimate of drug-likeness (QED) is 0.624. The zero-order valence-electron chi connectivity index (χ0n) is 6.73. The molecular formula is C8H16FN. The minimum Gasteiger partial charge on any atom is -0.311 e. The molecule has 0 aliphatic carbocycles. The first-order valence-electron chi connectivity index (χ1n) is 4.06. The monoisotopic (exact) mass is 145 g/mol. The van der Waals surface area contributed by atoms with Crippen molar-refractivity contribution in [2.45, 2.75) is 38.9 Å². The van der Waals surface area contributed by atoms with E-state index in [0.29, 0.717) is 18.5 Å². The second kappa shape index (κ2) is 3.33. The predicted octanol–water partition coefficient (Wildman–Crippen LogP) is 1.73. The van der Waals surface area contributed by atoms with E-state index >= 15 is 0 Å². The van der Waals surface area contributed by atoms with E-state index in [1.807, 2.05) is 0 Å². The van der Waals surface area contributed by atoms with Gasteiger partial charge in [-0.15, -0.1) is 0 Å². The van der Waals surface area contributed by atoms with Gasteiger partial charge in [-0.1, -0.05) is 13.8 Å². The lowest BCUT2D eigenvalue weighted by Gasteiger charge is -2.11. The molecule has 1 saturated heterocycles. The number of hydrogen-bond donors (Lipinski definition) is 1. The Kier molecular flexibility index (Phi) is 2.66. The molecule has 1 N–H and O–H groups in total. The molecule has 0 aromatic rings. The Bertz CT molecular complexity index is 103. The molecule has 1 fully saturated rings. The molecule has 1 aliphatic heterocycles. The Balaban J connectivity index is 2.18. The summed E-state index contributed by atoms with van der Waals surface area (Å²) in [7, 11) is 0. The second-order valence-corrected chi connectivity index (χ2v) is 3.57. The predicted molar refractivity (Wildman–Crippen MR) is 40.8 cm³/mol. The Labute approximate surface area is 62.0 Å². The van der Waals surface area contributed by atoms with E-state index < -0.39 is 6.17 Å². The fourth-order valence-electron chi connectivity index (χ4n) is 1.52. The third-order valence-electron chi connectivity index (χ3n) is 1.92. The Morgan fingerprint density at radius 3 is 2.70 bits per heavy atom. The summed E-state index contributed by atoms with van der Waals surface area (Å²) in [5.41, 5.74) is 0. The summed E-state index contributed by atoms with van der Waals surface area (Å²) in [6.45, 7) is 4.91. The molecule has 0 spiro atoms. The van der Waals surface area contributed by atoms with Gasteiger partial charge in [0.2, 0.25) is 0 Å². The average molecular weight is 145 g/mol. The highest BCUT2D eigenvalue weighted by Crippen LogP contribution is 2.16. The van der Waals surface area contributed by atoms with Gasteiger partial charge in [-0.25, -0.2) is 4.39 Å². The van der Waals surface area contributed by atoms with Crippen LogP contribution in [-0.4, -0.2) is 18.8 Å². The van der Waals surface area contributed by atoms with Crippen LogP contribution >= 0.6 is 0 Å². The van der Waals surface area contributed by atoms with Crippen LogP contribution in [0.2, 0.25) is 0 Å². The lowest BCUT2D eigenvalue weighted by Crippen LogP contribution is -2.22. The van der Waals surface area contributed by atoms with Crippen LogP contribution < -0.4 is 5.32 Å². The summed E-state index contributed by atoms with van der Waals surface area (Å²) in [5, 5.41) is 3.16. The van der Waals surface area contributed by atoms with E-state index in [0.717, 1.165) is 12.8 Å². The highest BCUT2D eigenvalue weighted by atomic mass is 19.1. The van der Waals surface area contributed by atoms with Crippen LogP contribution in [0, 0.1) is 5.92 Å². The van der Waals surface area contributed by atoms with Gasteiger partial charge in [0.15, 0.2) is 0 Å². The first-order chi connectivity index (χ1) is 4.68. The third kappa shape index (κ3) is 2.25. The highest BCUT2D eigenvalue weighted by Gasteiger charge is 2.23. The van der Waals surface area contributed by atoms with Crippen LogP contribution in [0.5, 0.6) is 0 Å². The summed E-state index contributed by atoms with van der Waals surface area (Å²) < 4.78 is 12.6. The zero-order chi connectivity index (χ0) is 7.56. The Hall–Kier alpha value is -0.110. The molecule has 0 saturated carbocycles. The van der Waals surface area contributed by atoms with Crippen LogP contribution in [0.4, 0.5) is 4.39 Å². The van der Waals surface area contributed by atoms with Gasteiger partial charge >= 0.3 is 0 Å². The lowest BCUT2D eigenvalue weighted by molar-refractivity contribution is 0.349. The Morgan fingerprint density at radius 1 is 1.60 bits per heavy atom. The van der Waals surface area contributed by atoms with Gasteiger partial charge in [-0.2, -0.15) is 0 Å². The maximum atomic E-state index is 12.6. The largest absolute Gasteiger partial charge is 0.311 e. The van der Waals surface area contributed by atoms with E-state index in [-0.39, 0.29) is 0 Å². The van der Waals surface area contributed by atoms with E-state index in [1.54, 1.807) is 0 Å². The molecule has 0 amide bonds. The zero-order valence-corrected chi connectivity index (χ0v) is 6.73. The van der Waals surface area contributed by atoms with Crippen molar-refractivity contribution >= 4 is 0 Å². The van der Waals surface area contributed by atoms with Crippen molar-refractivity contribution in [3.8, 4) is 0 Å². The lowest BCUT2D eigenvalue weighted by atomic mass is 10.0. The average Bonchev–Trinajstić information content (AvgIpc) is 2.13. The molecule has 2 unspecified atom stereocenters. The van der Waals surface area contributed by atoms with E-state index in [2.05, 4.69) is 19.2 Å². The molecule has 1 nitrogen and oxygen atoms in total. The summed E-state index contributed by atoms with van der Waals surface area (Å²) in [4.78, 5) is 0. The minimum atomic E-state index is -0.594. The molecular weight excluding hydrogens is 129 g/mol. The molecule has 0 aromatic heterocycles. The SMILES string of the molecule is CC(C)CC1CC(F)CN1. The number of hydrogen-bond acceptors (Lipinski definition) is 1. The smallest absolute Gasteiger partial charge is 0.114 e. The molecule has 1 heterocycles. The number of alkyl halides is 1.